The molecule has 2 bridgehead atoms. The SMILES string of the molecule is CCC12OCC(COCc3ccccc3)(CO1)CO2. The van der Waals surface area contributed by atoms with Gasteiger partial charge in [-0.05, 0) is 5.56 Å². The van der Waals surface area contributed by atoms with Crippen LogP contribution in [-0.4, -0.2) is 32.4 Å². The fraction of sp³-hybridized carbons (Fsp3) is 0.600. The first kappa shape index (κ1) is 13.1. The summed E-state index contributed by atoms with van der Waals surface area (Å²) >= 11 is 0. The molecule has 1 aromatic rings. The normalized spacial score (nSPS) is 33.5. The Bertz CT molecular complexity index is 393. The summed E-state index contributed by atoms with van der Waals surface area (Å²) in [4.78, 5) is 0. The van der Waals surface area contributed by atoms with E-state index in [9.17, 15) is 0 Å². The average Bonchev–Trinajstić information content (AvgIpc) is 2.50. The Labute approximate surface area is 113 Å². The Kier molecular flexibility index (Phi) is 3.58. The van der Waals surface area contributed by atoms with E-state index in [4.69, 9.17) is 18.9 Å². The van der Waals surface area contributed by atoms with Crippen molar-refractivity contribution in [1.29, 1.82) is 0 Å². The topological polar surface area (TPSA) is 36.9 Å². The zero-order valence-corrected chi connectivity index (χ0v) is 11.3. The van der Waals surface area contributed by atoms with E-state index in [1.54, 1.807) is 0 Å². The largest absolute Gasteiger partial charge is 0.376 e. The standard InChI is InChI=1S/C15H20O4/c1-2-15-17-10-14(11-18-15,12-19-15)9-16-8-13-6-4-3-5-7-13/h3-7H,2,8-12H2,1H3. The number of rotatable bonds is 5. The fourth-order valence-electron chi connectivity index (χ4n) is 2.43. The van der Waals surface area contributed by atoms with Crippen molar-refractivity contribution in [1.82, 2.24) is 0 Å². The molecule has 3 fully saturated rings. The molecule has 0 aromatic heterocycles. The Balaban J connectivity index is 1.51. The lowest BCUT2D eigenvalue weighted by atomic mass is 9.89. The predicted octanol–water partition coefficient (Wildman–Crippen LogP) is 2.33. The zero-order valence-electron chi connectivity index (χ0n) is 11.3. The summed E-state index contributed by atoms with van der Waals surface area (Å²) in [6.07, 6.45) is 0.716. The van der Waals surface area contributed by atoms with Crippen molar-refractivity contribution in [2.45, 2.75) is 25.9 Å². The lowest BCUT2D eigenvalue weighted by Gasteiger charge is -2.51. The molecular formula is C15H20O4. The van der Waals surface area contributed by atoms with Gasteiger partial charge in [0.1, 0.15) is 0 Å². The van der Waals surface area contributed by atoms with E-state index in [1.807, 2.05) is 25.1 Å². The number of benzene rings is 1. The predicted molar refractivity (Wildman–Crippen MR) is 69.4 cm³/mol. The fourth-order valence-corrected chi connectivity index (χ4v) is 2.43. The van der Waals surface area contributed by atoms with Gasteiger partial charge in [-0.25, -0.2) is 0 Å². The third-order valence-electron chi connectivity index (χ3n) is 3.75. The smallest absolute Gasteiger partial charge is 0.282 e. The first-order valence-electron chi connectivity index (χ1n) is 6.79. The summed E-state index contributed by atoms with van der Waals surface area (Å²) in [5.74, 6) is -0.790. The van der Waals surface area contributed by atoms with Gasteiger partial charge in [0.25, 0.3) is 5.97 Å². The highest BCUT2D eigenvalue weighted by Gasteiger charge is 2.51. The molecule has 0 saturated carbocycles. The minimum Gasteiger partial charge on any atom is -0.376 e. The monoisotopic (exact) mass is 264 g/mol. The number of hydrogen-bond donors (Lipinski definition) is 0. The van der Waals surface area contributed by atoms with Crippen LogP contribution in [0.25, 0.3) is 0 Å². The molecule has 4 rings (SSSR count). The van der Waals surface area contributed by atoms with Crippen LogP contribution in [0.4, 0.5) is 0 Å². The van der Waals surface area contributed by atoms with Crippen LogP contribution >= 0.6 is 0 Å². The maximum atomic E-state index is 5.80. The third-order valence-corrected chi connectivity index (χ3v) is 3.75. The van der Waals surface area contributed by atoms with E-state index in [0.717, 1.165) is 0 Å². The van der Waals surface area contributed by atoms with Gasteiger partial charge in [-0.3, -0.25) is 0 Å². The van der Waals surface area contributed by atoms with E-state index in [2.05, 4.69) is 12.1 Å². The minimum absolute atomic E-state index is 0.147. The zero-order chi connectivity index (χ0) is 13.2. The highest BCUT2D eigenvalue weighted by atomic mass is 16.9. The molecule has 4 nitrogen and oxygen atoms in total. The average molecular weight is 264 g/mol. The van der Waals surface area contributed by atoms with Crippen LogP contribution in [0.3, 0.4) is 0 Å². The van der Waals surface area contributed by atoms with E-state index in [1.165, 1.54) is 5.56 Å². The maximum Gasteiger partial charge on any atom is 0.282 e. The van der Waals surface area contributed by atoms with E-state index in [-0.39, 0.29) is 5.41 Å². The van der Waals surface area contributed by atoms with Crippen molar-refractivity contribution < 1.29 is 18.9 Å². The van der Waals surface area contributed by atoms with Crippen LogP contribution in [0.5, 0.6) is 0 Å². The van der Waals surface area contributed by atoms with Gasteiger partial charge in [0.05, 0.1) is 38.4 Å². The van der Waals surface area contributed by atoms with Crippen LogP contribution in [0.2, 0.25) is 0 Å². The van der Waals surface area contributed by atoms with Gasteiger partial charge < -0.3 is 18.9 Å². The van der Waals surface area contributed by atoms with E-state index >= 15 is 0 Å². The summed E-state index contributed by atoms with van der Waals surface area (Å²) < 4.78 is 22.9. The van der Waals surface area contributed by atoms with Crippen molar-refractivity contribution >= 4 is 0 Å². The molecule has 3 saturated heterocycles. The van der Waals surface area contributed by atoms with Crippen molar-refractivity contribution in [3.05, 3.63) is 35.9 Å². The van der Waals surface area contributed by atoms with Crippen LogP contribution in [-0.2, 0) is 25.6 Å². The lowest BCUT2D eigenvalue weighted by molar-refractivity contribution is -0.471. The maximum absolute atomic E-state index is 5.80. The van der Waals surface area contributed by atoms with Crippen molar-refractivity contribution in [3.63, 3.8) is 0 Å². The minimum atomic E-state index is -0.790. The van der Waals surface area contributed by atoms with Crippen LogP contribution < -0.4 is 0 Å². The lowest BCUT2D eigenvalue weighted by Crippen LogP contribution is -2.61. The number of ether oxygens (including phenoxy) is 4. The molecule has 3 aliphatic rings. The Hall–Kier alpha value is -0.940. The molecule has 0 spiro atoms. The van der Waals surface area contributed by atoms with Gasteiger partial charge in [0, 0.05) is 6.42 Å². The Morgan fingerprint density at radius 1 is 1.05 bits per heavy atom. The van der Waals surface area contributed by atoms with Gasteiger partial charge in [-0.15, -0.1) is 0 Å². The molecule has 0 atom stereocenters. The molecular weight excluding hydrogens is 244 g/mol. The summed E-state index contributed by atoms with van der Waals surface area (Å²) in [5, 5.41) is 0. The van der Waals surface area contributed by atoms with Crippen LogP contribution in [0, 0.1) is 5.41 Å². The van der Waals surface area contributed by atoms with Gasteiger partial charge >= 0.3 is 0 Å². The van der Waals surface area contributed by atoms with E-state index < -0.39 is 5.97 Å². The van der Waals surface area contributed by atoms with Crippen molar-refractivity contribution in [3.8, 4) is 0 Å². The molecule has 4 heteroatoms. The molecule has 0 amide bonds. The molecule has 104 valence electrons. The first-order chi connectivity index (χ1) is 9.26. The summed E-state index contributed by atoms with van der Waals surface area (Å²) in [6.45, 7) is 5.16. The highest BCUT2D eigenvalue weighted by molar-refractivity contribution is 5.13. The molecule has 0 unspecified atom stereocenters. The third kappa shape index (κ3) is 2.67. The van der Waals surface area contributed by atoms with Gasteiger partial charge in [0.15, 0.2) is 0 Å². The second-order valence-electron chi connectivity index (χ2n) is 5.38. The van der Waals surface area contributed by atoms with Crippen molar-refractivity contribution in [2.24, 2.45) is 5.41 Å². The van der Waals surface area contributed by atoms with Gasteiger partial charge in [-0.1, -0.05) is 37.3 Å². The van der Waals surface area contributed by atoms with E-state index in [0.29, 0.717) is 39.5 Å². The molecule has 0 N–H and O–H groups in total. The van der Waals surface area contributed by atoms with Crippen LogP contribution in [0.1, 0.15) is 18.9 Å². The molecule has 0 aliphatic carbocycles. The molecule has 19 heavy (non-hydrogen) atoms. The number of fused-ring (bicyclic) bond motifs is 3. The highest BCUT2D eigenvalue weighted by Crippen LogP contribution is 2.40. The van der Waals surface area contributed by atoms with Crippen molar-refractivity contribution in [2.75, 3.05) is 26.4 Å². The molecule has 1 aromatic carbocycles. The number of hydrogen-bond acceptors (Lipinski definition) is 4. The van der Waals surface area contributed by atoms with Crippen LogP contribution in [0.15, 0.2) is 30.3 Å². The second kappa shape index (κ2) is 5.21. The molecule has 3 heterocycles. The Morgan fingerprint density at radius 3 is 2.26 bits per heavy atom. The quantitative estimate of drug-likeness (QED) is 0.818. The summed E-state index contributed by atoms with van der Waals surface area (Å²) in [5.41, 5.74) is 1.03. The second-order valence-corrected chi connectivity index (χ2v) is 5.38. The first-order valence-corrected chi connectivity index (χ1v) is 6.79. The Morgan fingerprint density at radius 2 is 1.68 bits per heavy atom. The molecule has 0 radical (unpaired) electrons. The van der Waals surface area contributed by atoms with Gasteiger partial charge in [-0.2, -0.15) is 0 Å². The summed E-state index contributed by atoms with van der Waals surface area (Å²) in [7, 11) is 0. The summed E-state index contributed by atoms with van der Waals surface area (Å²) in [6, 6.07) is 10.2. The molecule has 3 aliphatic heterocycles. The van der Waals surface area contributed by atoms with Gasteiger partial charge in [0.2, 0.25) is 0 Å².